The third-order valence-corrected chi connectivity index (χ3v) is 3.84. The van der Waals surface area contributed by atoms with Crippen LogP contribution >= 0.6 is 23.2 Å². The van der Waals surface area contributed by atoms with Gasteiger partial charge in [-0.2, -0.15) is 5.26 Å². The number of hydrogen-bond donors (Lipinski definition) is 1. The molecule has 2 aromatic carbocycles. The number of nitrogens with one attached hydrogen (secondary N) is 1. The van der Waals surface area contributed by atoms with Crippen molar-refractivity contribution in [2.24, 2.45) is 0 Å². The maximum Gasteiger partial charge on any atom is 0.101 e. The number of nitrogens with zero attached hydrogens (tertiary/aromatic N) is 1. The molecule has 0 aromatic heterocycles. The molecule has 0 aliphatic carbocycles. The number of hydrogen-bond acceptors (Lipinski definition) is 2. The Kier molecular flexibility index (Phi) is 5.50. The van der Waals surface area contributed by atoms with Crippen molar-refractivity contribution >= 4 is 28.9 Å². The average molecular weight is 319 g/mol. The lowest BCUT2D eigenvalue weighted by Gasteiger charge is -2.20. The van der Waals surface area contributed by atoms with Crippen molar-refractivity contribution < 1.29 is 0 Å². The van der Waals surface area contributed by atoms with Gasteiger partial charge in [-0.15, -0.1) is 0 Å². The van der Waals surface area contributed by atoms with Crippen LogP contribution in [-0.2, 0) is 0 Å². The zero-order valence-electron chi connectivity index (χ0n) is 11.7. The molecule has 0 radical (unpaired) electrons. The predicted octanol–water partition coefficient (Wildman–Crippen LogP) is 5.82. The van der Waals surface area contributed by atoms with E-state index in [1.807, 2.05) is 30.3 Å². The quantitative estimate of drug-likeness (QED) is 0.754. The first-order valence-electron chi connectivity index (χ1n) is 6.85. The minimum absolute atomic E-state index is 0.191. The van der Waals surface area contributed by atoms with Gasteiger partial charge in [0, 0.05) is 10.7 Å². The lowest BCUT2D eigenvalue weighted by molar-refractivity contribution is 0.677. The summed E-state index contributed by atoms with van der Waals surface area (Å²) in [7, 11) is 0. The molecular formula is C17H16Cl2N2. The van der Waals surface area contributed by atoms with Crippen LogP contribution in [0.4, 0.5) is 5.69 Å². The van der Waals surface area contributed by atoms with Gasteiger partial charge in [-0.05, 0) is 42.3 Å². The summed E-state index contributed by atoms with van der Waals surface area (Å²) in [6.45, 7) is 2.15. The van der Waals surface area contributed by atoms with E-state index in [4.69, 9.17) is 28.5 Å². The van der Waals surface area contributed by atoms with E-state index in [1.165, 1.54) is 5.56 Å². The van der Waals surface area contributed by atoms with Crippen molar-refractivity contribution in [3.63, 3.8) is 0 Å². The summed E-state index contributed by atoms with van der Waals surface area (Å²) in [6, 6.07) is 15.5. The molecular weight excluding hydrogens is 303 g/mol. The Hall–Kier alpha value is -1.69. The van der Waals surface area contributed by atoms with E-state index in [0.717, 1.165) is 23.6 Å². The molecule has 0 aliphatic heterocycles. The van der Waals surface area contributed by atoms with Gasteiger partial charge in [-0.1, -0.05) is 48.7 Å². The van der Waals surface area contributed by atoms with Crippen molar-refractivity contribution in [3.8, 4) is 6.07 Å². The highest BCUT2D eigenvalue weighted by Crippen LogP contribution is 2.27. The van der Waals surface area contributed by atoms with Crippen LogP contribution in [0, 0.1) is 11.3 Å². The fourth-order valence-corrected chi connectivity index (χ4v) is 2.55. The Balaban J connectivity index is 2.22. The lowest BCUT2D eigenvalue weighted by atomic mass is 10.0. The summed E-state index contributed by atoms with van der Waals surface area (Å²) < 4.78 is 0. The molecule has 4 heteroatoms. The van der Waals surface area contributed by atoms with E-state index in [0.29, 0.717) is 10.6 Å². The van der Waals surface area contributed by atoms with Gasteiger partial charge in [0.1, 0.15) is 6.07 Å². The van der Waals surface area contributed by atoms with Gasteiger partial charge >= 0.3 is 0 Å². The third kappa shape index (κ3) is 4.14. The maximum absolute atomic E-state index is 8.91. The zero-order valence-corrected chi connectivity index (χ0v) is 13.2. The minimum Gasteiger partial charge on any atom is -0.378 e. The van der Waals surface area contributed by atoms with Crippen LogP contribution in [-0.4, -0.2) is 0 Å². The first-order chi connectivity index (χ1) is 10.1. The fourth-order valence-electron chi connectivity index (χ4n) is 2.20. The zero-order chi connectivity index (χ0) is 15.2. The Morgan fingerprint density at radius 2 is 1.86 bits per heavy atom. The highest BCUT2D eigenvalue weighted by atomic mass is 35.5. The summed E-state index contributed by atoms with van der Waals surface area (Å²) in [5.41, 5.74) is 2.58. The Morgan fingerprint density at radius 3 is 2.43 bits per heavy atom. The predicted molar refractivity (Wildman–Crippen MR) is 88.9 cm³/mol. The number of benzene rings is 2. The topological polar surface area (TPSA) is 35.8 Å². The second-order valence-corrected chi connectivity index (χ2v) is 5.69. The summed E-state index contributed by atoms with van der Waals surface area (Å²) in [5.74, 6) is 0. The first-order valence-corrected chi connectivity index (χ1v) is 7.61. The minimum atomic E-state index is 0.191. The monoisotopic (exact) mass is 318 g/mol. The molecule has 2 nitrogen and oxygen atoms in total. The molecule has 0 heterocycles. The van der Waals surface area contributed by atoms with Gasteiger partial charge < -0.3 is 5.32 Å². The van der Waals surface area contributed by atoms with E-state index < -0.39 is 0 Å². The van der Waals surface area contributed by atoms with Gasteiger partial charge in [0.05, 0.1) is 16.6 Å². The van der Waals surface area contributed by atoms with Crippen LogP contribution in [0.25, 0.3) is 0 Å². The Morgan fingerprint density at radius 1 is 1.14 bits per heavy atom. The largest absolute Gasteiger partial charge is 0.378 e. The second kappa shape index (κ2) is 7.36. The third-order valence-electron chi connectivity index (χ3n) is 3.28. The van der Waals surface area contributed by atoms with Gasteiger partial charge in [0.25, 0.3) is 0 Å². The highest BCUT2D eigenvalue weighted by molar-refractivity contribution is 6.32. The molecule has 0 saturated carbocycles. The van der Waals surface area contributed by atoms with Gasteiger partial charge in [-0.25, -0.2) is 0 Å². The number of anilines is 1. The van der Waals surface area contributed by atoms with E-state index in [1.54, 1.807) is 12.1 Å². The average Bonchev–Trinajstić information content (AvgIpc) is 2.48. The Bertz CT molecular complexity index is 645. The van der Waals surface area contributed by atoms with E-state index in [-0.39, 0.29) is 6.04 Å². The molecule has 0 amide bonds. The first kappa shape index (κ1) is 15.7. The molecule has 21 heavy (non-hydrogen) atoms. The SMILES string of the molecule is CCCC(Nc1ccc(C#N)c(Cl)c1)c1ccc(Cl)cc1. The van der Waals surface area contributed by atoms with Crippen molar-refractivity contribution in [2.75, 3.05) is 5.32 Å². The molecule has 1 atom stereocenters. The second-order valence-electron chi connectivity index (χ2n) is 4.84. The van der Waals surface area contributed by atoms with Crippen LogP contribution in [0.2, 0.25) is 10.0 Å². The van der Waals surface area contributed by atoms with Gasteiger partial charge in [0.2, 0.25) is 0 Å². The molecule has 1 unspecified atom stereocenters. The Labute approximate surface area is 135 Å². The van der Waals surface area contributed by atoms with Gasteiger partial charge in [0.15, 0.2) is 0 Å². The number of halogens is 2. The smallest absolute Gasteiger partial charge is 0.101 e. The molecule has 0 fully saturated rings. The van der Waals surface area contributed by atoms with Crippen LogP contribution in [0.5, 0.6) is 0 Å². The van der Waals surface area contributed by atoms with Crippen molar-refractivity contribution in [1.82, 2.24) is 0 Å². The summed E-state index contributed by atoms with van der Waals surface area (Å²) in [4.78, 5) is 0. The molecule has 0 aliphatic rings. The molecule has 1 N–H and O–H groups in total. The van der Waals surface area contributed by atoms with E-state index >= 15 is 0 Å². The highest BCUT2D eigenvalue weighted by Gasteiger charge is 2.11. The molecule has 0 bridgehead atoms. The van der Waals surface area contributed by atoms with Crippen molar-refractivity contribution in [3.05, 3.63) is 63.6 Å². The normalized spacial score (nSPS) is 11.7. The summed E-state index contributed by atoms with van der Waals surface area (Å²) in [5, 5.41) is 13.6. The number of nitriles is 1. The molecule has 0 saturated heterocycles. The standard InChI is InChI=1S/C17H16Cl2N2/c1-2-3-17(12-4-7-14(18)8-5-12)21-15-9-6-13(11-20)16(19)10-15/h4-10,17,21H,2-3H2,1H3. The molecule has 108 valence electrons. The maximum atomic E-state index is 8.91. The van der Waals surface area contributed by atoms with Crippen LogP contribution in [0.3, 0.4) is 0 Å². The van der Waals surface area contributed by atoms with Crippen LogP contribution in [0.1, 0.15) is 36.9 Å². The lowest BCUT2D eigenvalue weighted by Crippen LogP contribution is -2.10. The van der Waals surface area contributed by atoms with Gasteiger partial charge in [-0.3, -0.25) is 0 Å². The molecule has 0 spiro atoms. The van der Waals surface area contributed by atoms with Crippen LogP contribution < -0.4 is 5.32 Å². The molecule has 2 rings (SSSR count). The summed E-state index contributed by atoms with van der Waals surface area (Å²) >= 11 is 12.0. The summed E-state index contributed by atoms with van der Waals surface area (Å²) in [6.07, 6.45) is 2.06. The fraction of sp³-hybridized carbons (Fsp3) is 0.235. The van der Waals surface area contributed by atoms with Crippen molar-refractivity contribution in [2.45, 2.75) is 25.8 Å². The van der Waals surface area contributed by atoms with E-state index in [9.17, 15) is 0 Å². The van der Waals surface area contributed by atoms with Crippen LogP contribution in [0.15, 0.2) is 42.5 Å². The molecule has 2 aromatic rings. The van der Waals surface area contributed by atoms with Crippen molar-refractivity contribution in [1.29, 1.82) is 5.26 Å². The number of rotatable bonds is 5. The van der Waals surface area contributed by atoms with E-state index in [2.05, 4.69) is 18.3 Å².